The first-order chi connectivity index (χ1) is 10.1. The number of nitrogens with one attached hydrogen (secondary N) is 2. The minimum absolute atomic E-state index is 0.349. The molecule has 0 spiro atoms. The molecule has 0 saturated carbocycles. The number of carbonyl (C=O) groups excluding carboxylic acids is 1. The Kier molecular flexibility index (Phi) is 5.26. The maximum absolute atomic E-state index is 11.7. The summed E-state index contributed by atoms with van der Waals surface area (Å²) in [6, 6.07) is 12.4. The highest BCUT2D eigenvalue weighted by atomic mass is 35.5. The lowest BCUT2D eigenvalue weighted by molar-refractivity contribution is 0.255. The van der Waals surface area contributed by atoms with Gasteiger partial charge >= 0.3 is 6.03 Å². The Balaban J connectivity index is 1.93. The Labute approximate surface area is 133 Å². The monoisotopic (exact) mass is 320 g/mol. The molecule has 0 fully saturated rings. The summed E-state index contributed by atoms with van der Waals surface area (Å²) >= 11 is 12.0. The zero-order valence-corrected chi connectivity index (χ0v) is 12.9. The molecule has 0 radical (unpaired) electrons. The van der Waals surface area contributed by atoms with Gasteiger partial charge in [-0.2, -0.15) is 0 Å². The Bertz CT molecular complexity index is 684. The van der Waals surface area contributed by atoms with E-state index in [1.165, 1.54) is 6.20 Å². The van der Waals surface area contributed by atoms with Crippen molar-refractivity contribution in [2.24, 2.45) is 0 Å². The SMILES string of the molecule is Cc1ccc(NC(=O)N/C=C/c2ccccc2Cl)cc1Cl. The zero-order chi connectivity index (χ0) is 15.2. The molecule has 5 heteroatoms. The molecule has 0 saturated heterocycles. The van der Waals surface area contributed by atoms with Gasteiger partial charge in [-0.25, -0.2) is 4.79 Å². The van der Waals surface area contributed by atoms with Gasteiger partial charge in [0.2, 0.25) is 0 Å². The standard InChI is InChI=1S/C16H14Cl2N2O/c1-11-6-7-13(10-15(11)18)20-16(21)19-9-8-12-4-2-3-5-14(12)17/h2-10H,1H3,(H2,19,20,21)/b9-8+. The van der Waals surface area contributed by atoms with Gasteiger partial charge in [-0.1, -0.05) is 47.5 Å². The van der Waals surface area contributed by atoms with Crippen molar-refractivity contribution in [3.05, 3.63) is 69.8 Å². The third kappa shape index (κ3) is 4.52. The summed E-state index contributed by atoms with van der Waals surface area (Å²) in [5.74, 6) is 0. The normalized spacial score (nSPS) is 10.6. The van der Waals surface area contributed by atoms with Gasteiger partial charge in [-0.3, -0.25) is 0 Å². The predicted octanol–water partition coefficient (Wildman–Crippen LogP) is 5.09. The molecule has 0 heterocycles. The van der Waals surface area contributed by atoms with Crippen molar-refractivity contribution < 1.29 is 4.79 Å². The van der Waals surface area contributed by atoms with Gasteiger partial charge in [-0.05, 0) is 42.3 Å². The van der Waals surface area contributed by atoms with Gasteiger partial charge in [0.1, 0.15) is 0 Å². The quantitative estimate of drug-likeness (QED) is 0.812. The number of amides is 2. The van der Waals surface area contributed by atoms with Crippen LogP contribution in [0.15, 0.2) is 48.7 Å². The van der Waals surface area contributed by atoms with E-state index in [1.54, 1.807) is 24.3 Å². The summed E-state index contributed by atoms with van der Waals surface area (Å²) < 4.78 is 0. The second-order valence-corrected chi connectivity index (χ2v) is 5.23. The van der Waals surface area contributed by atoms with Crippen LogP contribution in [-0.4, -0.2) is 6.03 Å². The molecular weight excluding hydrogens is 307 g/mol. The van der Waals surface area contributed by atoms with E-state index in [9.17, 15) is 4.79 Å². The van der Waals surface area contributed by atoms with E-state index in [1.807, 2.05) is 31.2 Å². The van der Waals surface area contributed by atoms with Crippen LogP contribution in [0.1, 0.15) is 11.1 Å². The van der Waals surface area contributed by atoms with Crippen LogP contribution in [0.2, 0.25) is 10.0 Å². The molecule has 2 aromatic rings. The van der Waals surface area contributed by atoms with Crippen molar-refractivity contribution in [1.29, 1.82) is 0 Å². The molecule has 2 amide bonds. The predicted molar refractivity (Wildman–Crippen MR) is 88.8 cm³/mol. The molecule has 2 rings (SSSR count). The van der Waals surface area contributed by atoms with Crippen molar-refractivity contribution in [2.45, 2.75) is 6.92 Å². The second kappa shape index (κ2) is 7.16. The van der Waals surface area contributed by atoms with Crippen molar-refractivity contribution in [3.8, 4) is 0 Å². The van der Waals surface area contributed by atoms with Crippen LogP contribution in [0.5, 0.6) is 0 Å². The first-order valence-electron chi connectivity index (χ1n) is 6.31. The van der Waals surface area contributed by atoms with Crippen molar-refractivity contribution in [1.82, 2.24) is 5.32 Å². The van der Waals surface area contributed by atoms with Gasteiger partial charge in [0.05, 0.1) is 0 Å². The van der Waals surface area contributed by atoms with Crippen LogP contribution in [-0.2, 0) is 0 Å². The Hall–Kier alpha value is -1.97. The van der Waals surface area contributed by atoms with Crippen molar-refractivity contribution >= 4 is 41.0 Å². The van der Waals surface area contributed by atoms with Crippen molar-refractivity contribution in [2.75, 3.05) is 5.32 Å². The summed E-state index contributed by atoms with van der Waals surface area (Å²) in [5.41, 5.74) is 2.42. The maximum Gasteiger partial charge on any atom is 0.323 e. The molecular formula is C16H14Cl2N2O. The Morgan fingerprint density at radius 2 is 1.86 bits per heavy atom. The van der Waals surface area contributed by atoms with E-state index in [0.29, 0.717) is 15.7 Å². The smallest absolute Gasteiger partial charge is 0.314 e. The molecule has 108 valence electrons. The molecule has 0 aliphatic heterocycles. The van der Waals surface area contributed by atoms with Gasteiger partial charge in [-0.15, -0.1) is 0 Å². The highest BCUT2D eigenvalue weighted by Crippen LogP contribution is 2.20. The lowest BCUT2D eigenvalue weighted by atomic mass is 10.2. The summed E-state index contributed by atoms with van der Waals surface area (Å²) in [6.45, 7) is 1.90. The number of urea groups is 1. The summed E-state index contributed by atoms with van der Waals surface area (Å²) in [5, 5.41) is 6.54. The first-order valence-corrected chi connectivity index (χ1v) is 7.06. The van der Waals surface area contributed by atoms with Gasteiger partial charge in [0, 0.05) is 21.9 Å². The molecule has 3 nitrogen and oxygen atoms in total. The van der Waals surface area contributed by atoms with Crippen LogP contribution in [0.4, 0.5) is 10.5 Å². The molecule has 0 aliphatic rings. The third-order valence-corrected chi connectivity index (χ3v) is 3.56. The van der Waals surface area contributed by atoms with Gasteiger partial charge in [0.15, 0.2) is 0 Å². The van der Waals surface area contributed by atoms with Crippen LogP contribution in [0.3, 0.4) is 0 Å². The van der Waals surface area contributed by atoms with Crippen LogP contribution in [0, 0.1) is 6.92 Å². The maximum atomic E-state index is 11.7. The van der Waals surface area contributed by atoms with E-state index in [4.69, 9.17) is 23.2 Å². The number of benzene rings is 2. The average Bonchev–Trinajstić information content (AvgIpc) is 2.45. The Morgan fingerprint density at radius 1 is 1.10 bits per heavy atom. The fraction of sp³-hybridized carbons (Fsp3) is 0.0625. The fourth-order valence-electron chi connectivity index (χ4n) is 1.66. The molecule has 0 bridgehead atoms. The topological polar surface area (TPSA) is 41.1 Å². The van der Waals surface area contributed by atoms with Crippen LogP contribution < -0.4 is 10.6 Å². The minimum atomic E-state index is -0.349. The van der Waals surface area contributed by atoms with Crippen LogP contribution in [0.25, 0.3) is 6.08 Å². The van der Waals surface area contributed by atoms with Crippen molar-refractivity contribution in [3.63, 3.8) is 0 Å². The van der Waals surface area contributed by atoms with E-state index in [2.05, 4.69) is 10.6 Å². The highest BCUT2D eigenvalue weighted by Gasteiger charge is 2.01. The molecule has 0 aliphatic carbocycles. The summed E-state index contributed by atoms with van der Waals surface area (Å²) in [4.78, 5) is 11.7. The first kappa shape index (κ1) is 15.4. The second-order valence-electron chi connectivity index (χ2n) is 4.42. The third-order valence-electron chi connectivity index (χ3n) is 2.81. The lowest BCUT2D eigenvalue weighted by Gasteiger charge is -2.06. The minimum Gasteiger partial charge on any atom is -0.314 e. The number of halogens is 2. The van der Waals surface area contributed by atoms with Gasteiger partial charge < -0.3 is 10.6 Å². The Morgan fingerprint density at radius 3 is 2.57 bits per heavy atom. The molecule has 2 N–H and O–H groups in total. The number of hydrogen-bond donors (Lipinski definition) is 2. The number of anilines is 1. The zero-order valence-electron chi connectivity index (χ0n) is 11.4. The summed E-state index contributed by atoms with van der Waals surface area (Å²) in [6.07, 6.45) is 3.26. The number of carbonyl (C=O) groups is 1. The molecule has 0 aromatic heterocycles. The number of rotatable bonds is 3. The molecule has 2 aromatic carbocycles. The fourth-order valence-corrected chi connectivity index (χ4v) is 2.03. The van der Waals surface area contributed by atoms with Crippen LogP contribution >= 0.6 is 23.2 Å². The van der Waals surface area contributed by atoms with E-state index >= 15 is 0 Å². The summed E-state index contributed by atoms with van der Waals surface area (Å²) in [7, 11) is 0. The van der Waals surface area contributed by atoms with E-state index in [0.717, 1.165) is 11.1 Å². The van der Waals surface area contributed by atoms with E-state index in [-0.39, 0.29) is 6.03 Å². The number of hydrogen-bond acceptors (Lipinski definition) is 1. The molecule has 0 atom stereocenters. The average molecular weight is 321 g/mol. The molecule has 0 unspecified atom stereocenters. The highest BCUT2D eigenvalue weighted by molar-refractivity contribution is 6.32. The van der Waals surface area contributed by atoms with E-state index < -0.39 is 0 Å². The molecule has 21 heavy (non-hydrogen) atoms. The lowest BCUT2D eigenvalue weighted by Crippen LogP contribution is -2.23. The number of aryl methyl sites for hydroxylation is 1. The largest absolute Gasteiger partial charge is 0.323 e. The van der Waals surface area contributed by atoms with Gasteiger partial charge in [0.25, 0.3) is 0 Å².